The van der Waals surface area contributed by atoms with Gasteiger partial charge in [-0.15, -0.1) is 0 Å². The highest BCUT2D eigenvalue weighted by molar-refractivity contribution is 9.10. The summed E-state index contributed by atoms with van der Waals surface area (Å²) in [6.07, 6.45) is 0. The summed E-state index contributed by atoms with van der Waals surface area (Å²) in [6, 6.07) is 12.3. The van der Waals surface area contributed by atoms with Crippen molar-refractivity contribution in [1.29, 1.82) is 0 Å². The molecule has 0 unspecified atom stereocenters. The molecule has 0 aliphatic rings. The number of nitrogens with zero attached hydrogens (tertiary/aromatic N) is 1. The third-order valence-electron chi connectivity index (χ3n) is 2.55. The molecule has 1 N–H and O–H groups in total. The Balaban J connectivity index is 2.22. The summed E-state index contributed by atoms with van der Waals surface area (Å²) in [6.45, 7) is 0.462. The molecule has 0 fully saturated rings. The van der Waals surface area contributed by atoms with Gasteiger partial charge in [-0.1, -0.05) is 45.7 Å². The third-order valence-corrected chi connectivity index (χ3v) is 3.35. The minimum atomic E-state index is -0.449. The highest BCUT2D eigenvalue weighted by Crippen LogP contribution is 2.32. The molecule has 0 radical (unpaired) electrons. The van der Waals surface area contributed by atoms with Crippen molar-refractivity contribution in [2.75, 3.05) is 5.32 Å². The van der Waals surface area contributed by atoms with E-state index in [1.54, 1.807) is 12.1 Å². The summed E-state index contributed by atoms with van der Waals surface area (Å²) in [5.74, 6) is 0. The number of nitrogens with one attached hydrogen (secondary N) is 1. The van der Waals surface area contributed by atoms with E-state index in [0.717, 1.165) is 10.0 Å². The van der Waals surface area contributed by atoms with E-state index in [9.17, 15) is 10.1 Å². The molecule has 0 amide bonds. The standard InChI is InChI=1S/C13H10BrClN2O2/c14-10-4-1-3-9(7-10)8-16-13-11(15)5-2-6-12(13)17(18)19/h1-7,16H,8H2. The SMILES string of the molecule is O=[N+]([O-])c1cccc(Cl)c1NCc1cccc(Br)c1. The van der Waals surface area contributed by atoms with Crippen LogP contribution in [0.1, 0.15) is 5.56 Å². The molecule has 2 rings (SSSR count). The monoisotopic (exact) mass is 340 g/mol. The Morgan fingerprint density at radius 1 is 1.26 bits per heavy atom. The van der Waals surface area contributed by atoms with Crippen molar-refractivity contribution in [1.82, 2.24) is 0 Å². The van der Waals surface area contributed by atoms with Crippen molar-refractivity contribution < 1.29 is 4.92 Å². The minimum Gasteiger partial charge on any atom is -0.374 e. The largest absolute Gasteiger partial charge is 0.374 e. The van der Waals surface area contributed by atoms with Crippen molar-refractivity contribution in [3.8, 4) is 0 Å². The van der Waals surface area contributed by atoms with E-state index in [1.807, 2.05) is 24.3 Å². The number of nitro benzene ring substituents is 1. The number of anilines is 1. The molecule has 0 aliphatic heterocycles. The molecule has 4 nitrogen and oxygen atoms in total. The maximum absolute atomic E-state index is 10.9. The van der Waals surface area contributed by atoms with Crippen molar-refractivity contribution >= 4 is 38.9 Å². The number of hydrogen-bond acceptors (Lipinski definition) is 3. The quantitative estimate of drug-likeness (QED) is 0.652. The van der Waals surface area contributed by atoms with Gasteiger partial charge in [0.15, 0.2) is 0 Å². The number of benzene rings is 2. The Hall–Kier alpha value is -1.59. The van der Waals surface area contributed by atoms with Gasteiger partial charge in [-0.05, 0) is 23.8 Å². The van der Waals surface area contributed by atoms with Crippen LogP contribution in [0.4, 0.5) is 11.4 Å². The normalized spacial score (nSPS) is 10.2. The molecular weight excluding hydrogens is 332 g/mol. The van der Waals surface area contributed by atoms with Crippen molar-refractivity contribution in [2.45, 2.75) is 6.54 Å². The second-order valence-electron chi connectivity index (χ2n) is 3.87. The zero-order valence-corrected chi connectivity index (χ0v) is 12.1. The van der Waals surface area contributed by atoms with Gasteiger partial charge < -0.3 is 5.32 Å². The Labute approximate surface area is 123 Å². The summed E-state index contributed by atoms with van der Waals surface area (Å²) in [5, 5.41) is 14.3. The molecule has 2 aromatic rings. The first-order chi connectivity index (χ1) is 9.08. The van der Waals surface area contributed by atoms with Crippen LogP contribution in [-0.2, 0) is 6.54 Å². The third kappa shape index (κ3) is 3.45. The topological polar surface area (TPSA) is 55.2 Å². The average Bonchev–Trinajstić information content (AvgIpc) is 2.37. The average molecular weight is 342 g/mol. The van der Waals surface area contributed by atoms with Crippen LogP contribution < -0.4 is 5.32 Å². The maximum Gasteiger partial charge on any atom is 0.293 e. The summed E-state index contributed by atoms with van der Waals surface area (Å²) in [7, 11) is 0. The van der Waals surface area contributed by atoms with E-state index >= 15 is 0 Å². The number of halogens is 2. The second-order valence-corrected chi connectivity index (χ2v) is 5.20. The summed E-state index contributed by atoms with van der Waals surface area (Å²) in [5.41, 5.74) is 1.32. The van der Waals surface area contributed by atoms with Gasteiger partial charge in [0.25, 0.3) is 5.69 Å². The van der Waals surface area contributed by atoms with Crippen LogP contribution in [0.5, 0.6) is 0 Å². The van der Waals surface area contributed by atoms with Gasteiger partial charge in [0, 0.05) is 17.1 Å². The Morgan fingerprint density at radius 2 is 2.00 bits per heavy atom. The van der Waals surface area contributed by atoms with E-state index in [1.165, 1.54) is 6.07 Å². The fourth-order valence-corrected chi connectivity index (χ4v) is 2.36. The number of hydrogen-bond donors (Lipinski definition) is 1. The van der Waals surface area contributed by atoms with Crippen LogP contribution >= 0.6 is 27.5 Å². The first-order valence-electron chi connectivity index (χ1n) is 5.49. The lowest BCUT2D eigenvalue weighted by atomic mass is 10.2. The molecule has 0 spiro atoms. The molecule has 2 aromatic carbocycles. The molecule has 0 heterocycles. The van der Waals surface area contributed by atoms with Crippen molar-refractivity contribution in [3.63, 3.8) is 0 Å². The molecule has 6 heteroatoms. The predicted octanol–water partition coefficient (Wildman–Crippen LogP) is 4.62. The van der Waals surface area contributed by atoms with E-state index < -0.39 is 4.92 Å². The van der Waals surface area contributed by atoms with E-state index in [-0.39, 0.29) is 5.69 Å². The smallest absolute Gasteiger partial charge is 0.293 e. The minimum absolute atomic E-state index is 0.0255. The number of rotatable bonds is 4. The first-order valence-corrected chi connectivity index (χ1v) is 6.66. The molecule has 0 atom stereocenters. The van der Waals surface area contributed by atoms with Gasteiger partial charge >= 0.3 is 0 Å². The fraction of sp³-hybridized carbons (Fsp3) is 0.0769. The Morgan fingerprint density at radius 3 is 2.68 bits per heavy atom. The van der Waals surface area contributed by atoms with Crippen LogP contribution in [0.15, 0.2) is 46.9 Å². The van der Waals surface area contributed by atoms with Crippen molar-refractivity contribution in [3.05, 3.63) is 67.6 Å². The zero-order valence-electron chi connectivity index (χ0n) is 9.77. The lowest BCUT2D eigenvalue weighted by Crippen LogP contribution is -2.03. The number of para-hydroxylation sites is 1. The van der Waals surface area contributed by atoms with E-state index in [4.69, 9.17) is 11.6 Å². The highest BCUT2D eigenvalue weighted by Gasteiger charge is 2.15. The second kappa shape index (κ2) is 6.04. The Bertz CT molecular complexity index is 619. The summed E-state index contributed by atoms with van der Waals surface area (Å²) in [4.78, 5) is 10.5. The van der Waals surface area contributed by atoms with Gasteiger partial charge in [0.1, 0.15) is 5.69 Å². The molecule has 98 valence electrons. The highest BCUT2D eigenvalue weighted by atomic mass is 79.9. The first kappa shape index (κ1) is 13.8. The van der Waals surface area contributed by atoms with E-state index in [0.29, 0.717) is 17.3 Å². The van der Waals surface area contributed by atoms with Gasteiger partial charge in [-0.2, -0.15) is 0 Å². The molecule has 0 saturated heterocycles. The van der Waals surface area contributed by atoms with Crippen LogP contribution in [0, 0.1) is 10.1 Å². The molecule has 0 saturated carbocycles. The van der Waals surface area contributed by atoms with Crippen molar-refractivity contribution in [2.24, 2.45) is 0 Å². The molecular formula is C13H10BrClN2O2. The zero-order chi connectivity index (χ0) is 13.8. The summed E-state index contributed by atoms with van der Waals surface area (Å²) >= 11 is 9.37. The fourth-order valence-electron chi connectivity index (χ4n) is 1.68. The van der Waals surface area contributed by atoms with Gasteiger partial charge in [0.05, 0.1) is 9.95 Å². The lowest BCUT2D eigenvalue weighted by molar-refractivity contribution is -0.383. The predicted molar refractivity (Wildman–Crippen MR) is 79.6 cm³/mol. The molecule has 0 aliphatic carbocycles. The maximum atomic E-state index is 10.9. The van der Waals surface area contributed by atoms with Crippen LogP contribution in [0.2, 0.25) is 5.02 Å². The molecule has 0 aromatic heterocycles. The van der Waals surface area contributed by atoms with Crippen LogP contribution in [-0.4, -0.2) is 4.92 Å². The van der Waals surface area contributed by atoms with Gasteiger partial charge in [-0.25, -0.2) is 0 Å². The Kier molecular flexibility index (Phi) is 4.39. The van der Waals surface area contributed by atoms with Gasteiger partial charge in [0.2, 0.25) is 0 Å². The number of nitro groups is 1. The van der Waals surface area contributed by atoms with E-state index in [2.05, 4.69) is 21.2 Å². The van der Waals surface area contributed by atoms with Gasteiger partial charge in [-0.3, -0.25) is 10.1 Å². The summed E-state index contributed by atoms with van der Waals surface area (Å²) < 4.78 is 0.959. The van der Waals surface area contributed by atoms with Crippen LogP contribution in [0.3, 0.4) is 0 Å². The van der Waals surface area contributed by atoms with Crippen LogP contribution in [0.25, 0.3) is 0 Å². The molecule has 0 bridgehead atoms. The lowest BCUT2D eigenvalue weighted by Gasteiger charge is -2.09. The molecule has 19 heavy (non-hydrogen) atoms.